The Morgan fingerprint density at radius 3 is 2.44 bits per heavy atom. The highest BCUT2D eigenvalue weighted by molar-refractivity contribution is 7.90. The van der Waals surface area contributed by atoms with Crippen LogP contribution in [0.15, 0.2) is 71.6 Å². The van der Waals surface area contributed by atoms with E-state index in [1.54, 1.807) is 48.5 Å². The number of aryl methyl sites for hydroxylation is 1. The summed E-state index contributed by atoms with van der Waals surface area (Å²) in [6.07, 6.45) is 1.31. The smallest absolute Gasteiger partial charge is 0.265 e. The second-order valence-corrected chi connectivity index (χ2v) is 9.88. The third-order valence-electron chi connectivity index (χ3n) is 5.27. The molecule has 0 bridgehead atoms. The molecule has 1 aromatic heterocycles. The number of nitrogens with one attached hydrogen (secondary N) is 2. The van der Waals surface area contributed by atoms with Gasteiger partial charge in [-0.25, -0.2) is 13.1 Å². The molecule has 0 aliphatic heterocycles. The van der Waals surface area contributed by atoms with E-state index in [1.165, 1.54) is 12.1 Å². The molecule has 0 radical (unpaired) electrons. The number of fused-ring (bicyclic) bond motifs is 1. The zero-order chi connectivity index (χ0) is 22.9. The topological polar surface area (TPSA) is 79.0 Å². The Hall–Kier alpha value is -2.80. The van der Waals surface area contributed by atoms with Crippen molar-refractivity contribution in [2.45, 2.75) is 24.7 Å². The zero-order valence-electron chi connectivity index (χ0n) is 17.2. The maximum Gasteiger partial charge on any atom is 0.265 e. The van der Waals surface area contributed by atoms with Gasteiger partial charge in [0.2, 0.25) is 0 Å². The molecule has 0 aliphatic rings. The SMILES string of the molecule is CCc1[nH]c2ccc(C(=O)NS(=O)(=O)c3ccccc3)cc2c1Cc1ccc(Cl)cc1Cl. The summed E-state index contributed by atoms with van der Waals surface area (Å²) >= 11 is 12.4. The molecular weight excluding hydrogens is 467 g/mol. The van der Waals surface area contributed by atoms with Gasteiger partial charge in [-0.05, 0) is 60.0 Å². The summed E-state index contributed by atoms with van der Waals surface area (Å²) in [5.74, 6) is -0.689. The number of hydrogen-bond acceptors (Lipinski definition) is 3. The predicted molar refractivity (Wildman–Crippen MR) is 128 cm³/mol. The average molecular weight is 487 g/mol. The van der Waals surface area contributed by atoms with Crippen LogP contribution in [-0.4, -0.2) is 19.3 Å². The average Bonchev–Trinajstić information content (AvgIpc) is 3.12. The van der Waals surface area contributed by atoms with Crippen LogP contribution < -0.4 is 4.72 Å². The first-order valence-corrected chi connectivity index (χ1v) is 12.2. The second kappa shape index (κ2) is 8.98. The molecule has 8 heteroatoms. The first-order valence-electron chi connectivity index (χ1n) is 9.98. The highest BCUT2D eigenvalue weighted by atomic mass is 35.5. The number of halogens is 2. The summed E-state index contributed by atoms with van der Waals surface area (Å²) in [4.78, 5) is 16.2. The Morgan fingerprint density at radius 2 is 1.75 bits per heavy atom. The van der Waals surface area contributed by atoms with Gasteiger partial charge in [-0.3, -0.25) is 4.79 Å². The van der Waals surface area contributed by atoms with Crippen LogP contribution >= 0.6 is 23.2 Å². The Morgan fingerprint density at radius 1 is 1.00 bits per heavy atom. The number of benzene rings is 3. The van der Waals surface area contributed by atoms with Crippen LogP contribution in [-0.2, 0) is 22.9 Å². The summed E-state index contributed by atoms with van der Waals surface area (Å²) in [5.41, 5.74) is 4.06. The van der Waals surface area contributed by atoms with Crippen LogP contribution in [0.3, 0.4) is 0 Å². The number of carbonyl (C=O) groups is 1. The molecule has 3 aromatic carbocycles. The number of H-pyrrole nitrogens is 1. The summed E-state index contributed by atoms with van der Waals surface area (Å²) in [5, 5.41) is 1.97. The summed E-state index contributed by atoms with van der Waals surface area (Å²) < 4.78 is 27.2. The fraction of sp³-hybridized carbons (Fsp3) is 0.125. The molecule has 0 aliphatic carbocycles. The molecule has 0 spiro atoms. The van der Waals surface area contributed by atoms with Crippen molar-refractivity contribution in [3.05, 3.63) is 99.2 Å². The van der Waals surface area contributed by atoms with Crippen molar-refractivity contribution in [2.75, 3.05) is 0 Å². The molecule has 4 rings (SSSR count). The molecule has 164 valence electrons. The fourth-order valence-corrected chi connectivity index (χ4v) is 5.11. The van der Waals surface area contributed by atoms with Crippen LogP contribution in [0, 0.1) is 0 Å². The van der Waals surface area contributed by atoms with Gasteiger partial charge in [0, 0.05) is 38.6 Å². The number of sulfonamides is 1. The number of aromatic amines is 1. The normalized spacial score (nSPS) is 11.6. The molecule has 0 saturated heterocycles. The predicted octanol–water partition coefficient (Wildman–Crippen LogP) is 5.75. The fourth-order valence-electron chi connectivity index (χ4n) is 3.64. The van der Waals surface area contributed by atoms with Crippen LogP contribution in [0.2, 0.25) is 10.0 Å². The maximum atomic E-state index is 12.8. The van der Waals surface area contributed by atoms with E-state index in [1.807, 2.05) is 13.0 Å². The number of carbonyl (C=O) groups excluding carboxylic acids is 1. The number of rotatable bonds is 6. The van der Waals surface area contributed by atoms with E-state index in [0.717, 1.165) is 34.1 Å². The minimum atomic E-state index is -3.97. The van der Waals surface area contributed by atoms with E-state index in [9.17, 15) is 13.2 Å². The lowest BCUT2D eigenvalue weighted by Gasteiger charge is -2.09. The van der Waals surface area contributed by atoms with Crippen LogP contribution in [0.5, 0.6) is 0 Å². The molecule has 0 atom stereocenters. The van der Waals surface area contributed by atoms with Crippen LogP contribution in [0.4, 0.5) is 0 Å². The van der Waals surface area contributed by atoms with E-state index in [2.05, 4.69) is 9.71 Å². The molecule has 2 N–H and O–H groups in total. The molecule has 5 nitrogen and oxygen atoms in total. The summed E-state index contributed by atoms with van der Waals surface area (Å²) in [6, 6.07) is 18.3. The molecular formula is C24H20Cl2N2O3S. The Bertz CT molecular complexity index is 1410. The number of hydrogen-bond donors (Lipinski definition) is 2. The molecule has 1 heterocycles. The van der Waals surface area contributed by atoms with Crippen LogP contribution in [0.25, 0.3) is 10.9 Å². The van der Waals surface area contributed by atoms with Gasteiger partial charge < -0.3 is 4.98 Å². The lowest BCUT2D eigenvalue weighted by atomic mass is 9.99. The minimum Gasteiger partial charge on any atom is -0.358 e. The molecule has 0 fully saturated rings. The number of aromatic nitrogens is 1. The Labute approximate surface area is 196 Å². The molecule has 1 amide bonds. The largest absolute Gasteiger partial charge is 0.358 e. The van der Waals surface area contributed by atoms with Gasteiger partial charge in [-0.1, -0.05) is 54.4 Å². The van der Waals surface area contributed by atoms with Crippen molar-refractivity contribution in [1.82, 2.24) is 9.71 Å². The molecule has 0 unspecified atom stereocenters. The van der Waals surface area contributed by atoms with E-state index < -0.39 is 15.9 Å². The van der Waals surface area contributed by atoms with Gasteiger partial charge in [-0.2, -0.15) is 0 Å². The monoisotopic (exact) mass is 486 g/mol. The van der Waals surface area contributed by atoms with Crippen molar-refractivity contribution in [2.24, 2.45) is 0 Å². The first kappa shape index (κ1) is 22.4. The minimum absolute atomic E-state index is 0.0300. The third-order valence-corrected chi connectivity index (χ3v) is 7.21. The van der Waals surface area contributed by atoms with E-state index in [0.29, 0.717) is 16.5 Å². The van der Waals surface area contributed by atoms with Gasteiger partial charge in [0.1, 0.15) is 0 Å². The van der Waals surface area contributed by atoms with Crippen molar-refractivity contribution in [3.8, 4) is 0 Å². The van der Waals surface area contributed by atoms with E-state index in [-0.39, 0.29) is 10.5 Å². The van der Waals surface area contributed by atoms with Gasteiger partial charge in [-0.15, -0.1) is 0 Å². The Balaban J connectivity index is 1.70. The quantitative estimate of drug-likeness (QED) is 0.364. The zero-order valence-corrected chi connectivity index (χ0v) is 19.5. The highest BCUT2D eigenvalue weighted by Crippen LogP contribution is 2.30. The molecule has 0 saturated carbocycles. The third kappa shape index (κ3) is 4.53. The van der Waals surface area contributed by atoms with Gasteiger partial charge in [0.15, 0.2) is 0 Å². The molecule has 4 aromatic rings. The summed E-state index contributed by atoms with van der Waals surface area (Å²) in [6.45, 7) is 2.04. The van der Waals surface area contributed by atoms with Gasteiger partial charge in [0.05, 0.1) is 4.90 Å². The van der Waals surface area contributed by atoms with Crippen molar-refractivity contribution in [1.29, 1.82) is 0 Å². The van der Waals surface area contributed by atoms with Gasteiger partial charge in [0.25, 0.3) is 15.9 Å². The lowest BCUT2D eigenvalue weighted by Crippen LogP contribution is -2.30. The standard InChI is InChI=1S/C24H20Cl2N2O3S/c1-2-22-19(12-15-8-10-17(25)14-21(15)26)20-13-16(9-11-23(20)27-22)24(29)28-32(30,31)18-6-4-3-5-7-18/h3-11,13-14,27H,2,12H2,1H3,(H,28,29). The summed E-state index contributed by atoms with van der Waals surface area (Å²) in [7, 11) is -3.97. The van der Waals surface area contributed by atoms with E-state index >= 15 is 0 Å². The second-order valence-electron chi connectivity index (χ2n) is 7.36. The molecule has 32 heavy (non-hydrogen) atoms. The lowest BCUT2D eigenvalue weighted by molar-refractivity contribution is 0.0981. The van der Waals surface area contributed by atoms with Gasteiger partial charge >= 0.3 is 0 Å². The first-order chi connectivity index (χ1) is 15.3. The maximum absolute atomic E-state index is 12.8. The van der Waals surface area contributed by atoms with E-state index in [4.69, 9.17) is 23.2 Å². The van der Waals surface area contributed by atoms with Crippen molar-refractivity contribution < 1.29 is 13.2 Å². The van der Waals surface area contributed by atoms with Crippen molar-refractivity contribution in [3.63, 3.8) is 0 Å². The highest BCUT2D eigenvalue weighted by Gasteiger charge is 2.20. The number of amides is 1. The van der Waals surface area contributed by atoms with Crippen LogP contribution in [0.1, 0.15) is 34.1 Å². The van der Waals surface area contributed by atoms with Crippen molar-refractivity contribution >= 4 is 50.0 Å². The Kier molecular flexibility index (Phi) is 6.29.